The fraction of sp³-hybridized carbons (Fsp3) is 0.133. The predicted molar refractivity (Wildman–Crippen MR) is 79.9 cm³/mol. The normalized spacial score (nSPS) is 10.6. The van der Waals surface area contributed by atoms with Crippen LogP contribution < -0.4 is 5.32 Å². The van der Waals surface area contributed by atoms with Crippen LogP contribution in [0.15, 0.2) is 48.1 Å². The topological polar surface area (TPSA) is 54.9 Å². The molecule has 0 saturated carbocycles. The van der Waals surface area contributed by atoms with Crippen molar-refractivity contribution in [3.05, 3.63) is 59.4 Å². The van der Waals surface area contributed by atoms with E-state index in [1.807, 2.05) is 30.3 Å². The Morgan fingerprint density at radius 1 is 1.20 bits per heavy atom. The third kappa shape index (κ3) is 2.83. The second kappa shape index (κ2) is 5.79. The number of rotatable bonds is 4. The van der Waals surface area contributed by atoms with E-state index < -0.39 is 0 Å². The number of nitrogens with zero attached hydrogens (tertiary/aromatic N) is 2. The van der Waals surface area contributed by atoms with Crippen molar-refractivity contribution in [1.29, 1.82) is 0 Å². The Morgan fingerprint density at radius 3 is 3.00 bits per heavy atom. The van der Waals surface area contributed by atoms with Crippen LogP contribution in [0.2, 0.25) is 0 Å². The average molecular weight is 283 g/mol. The van der Waals surface area contributed by atoms with Crippen LogP contribution in [0.25, 0.3) is 10.2 Å². The van der Waals surface area contributed by atoms with Gasteiger partial charge in [0.15, 0.2) is 0 Å². The van der Waals surface area contributed by atoms with Crippen molar-refractivity contribution in [2.24, 2.45) is 0 Å². The van der Waals surface area contributed by atoms with Gasteiger partial charge in [-0.05, 0) is 30.3 Å². The molecule has 0 saturated heterocycles. The molecule has 3 rings (SSSR count). The molecule has 1 N–H and O–H groups in total. The van der Waals surface area contributed by atoms with Gasteiger partial charge in [0, 0.05) is 30.4 Å². The number of amides is 1. The van der Waals surface area contributed by atoms with Gasteiger partial charge in [0.25, 0.3) is 5.91 Å². The largest absolute Gasteiger partial charge is 0.352 e. The highest BCUT2D eigenvalue weighted by Crippen LogP contribution is 2.18. The minimum atomic E-state index is -0.0590. The van der Waals surface area contributed by atoms with Crippen LogP contribution in [0.1, 0.15) is 16.1 Å². The highest BCUT2D eigenvalue weighted by atomic mass is 32.1. The molecular formula is C15H13N3OS. The molecular weight excluding hydrogens is 270 g/mol. The van der Waals surface area contributed by atoms with Crippen LogP contribution in [-0.4, -0.2) is 22.4 Å². The Labute approximate surface area is 120 Å². The SMILES string of the molecule is O=C(NCCc1ccccn1)c1ccc2ncsc2c1. The molecule has 2 aromatic heterocycles. The van der Waals surface area contributed by atoms with E-state index in [0.717, 1.165) is 22.3 Å². The summed E-state index contributed by atoms with van der Waals surface area (Å²) in [6, 6.07) is 11.3. The minimum Gasteiger partial charge on any atom is -0.352 e. The van der Waals surface area contributed by atoms with Crippen LogP contribution in [0.5, 0.6) is 0 Å². The minimum absolute atomic E-state index is 0.0590. The van der Waals surface area contributed by atoms with Gasteiger partial charge in [-0.3, -0.25) is 9.78 Å². The van der Waals surface area contributed by atoms with Crippen molar-refractivity contribution in [1.82, 2.24) is 15.3 Å². The number of fused-ring (bicyclic) bond motifs is 1. The first kappa shape index (κ1) is 12.7. The van der Waals surface area contributed by atoms with E-state index in [4.69, 9.17) is 0 Å². The molecule has 20 heavy (non-hydrogen) atoms. The van der Waals surface area contributed by atoms with Crippen molar-refractivity contribution < 1.29 is 4.79 Å². The summed E-state index contributed by atoms with van der Waals surface area (Å²) in [6.07, 6.45) is 2.49. The number of thiazole rings is 1. The molecule has 100 valence electrons. The quantitative estimate of drug-likeness (QED) is 0.801. The summed E-state index contributed by atoms with van der Waals surface area (Å²) < 4.78 is 1.03. The van der Waals surface area contributed by atoms with Gasteiger partial charge in [-0.2, -0.15) is 0 Å². The first-order valence-corrected chi connectivity index (χ1v) is 7.22. The standard InChI is InChI=1S/C15H13N3OS/c19-15(17-8-6-12-3-1-2-7-16-12)11-4-5-13-14(9-11)20-10-18-13/h1-5,7,9-10H,6,8H2,(H,17,19). The van der Waals surface area contributed by atoms with E-state index in [1.165, 1.54) is 11.3 Å². The molecule has 0 aliphatic rings. The molecule has 5 heteroatoms. The zero-order valence-electron chi connectivity index (χ0n) is 10.7. The van der Waals surface area contributed by atoms with Crippen molar-refractivity contribution in [2.75, 3.05) is 6.54 Å². The van der Waals surface area contributed by atoms with Crippen molar-refractivity contribution in [2.45, 2.75) is 6.42 Å². The van der Waals surface area contributed by atoms with E-state index in [1.54, 1.807) is 17.8 Å². The maximum absolute atomic E-state index is 12.1. The van der Waals surface area contributed by atoms with Crippen LogP contribution in [0.4, 0.5) is 0 Å². The van der Waals surface area contributed by atoms with E-state index in [0.29, 0.717) is 12.1 Å². The first-order valence-electron chi connectivity index (χ1n) is 6.34. The summed E-state index contributed by atoms with van der Waals surface area (Å²) in [6.45, 7) is 0.580. The van der Waals surface area contributed by atoms with Crippen LogP contribution in [0.3, 0.4) is 0 Å². The zero-order chi connectivity index (χ0) is 13.8. The molecule has 0 fully saturated rings. The van der Waals surface area contributed by atoms with E-state index in [2.05, 4.69) is 15.3 Å². The number of hydrogen-bond acceptors (Lipinski definition) is 4. The Hall–Kier alpha value is -2.27. The summed E-state index contributed by atoms with van der Waals surface area (Å²) in [5, 5.41) is 2.91. The van der Waals surface area contributed by atoms with Gasteiger partial charge < -0.3 is 5.32 Å². The van der Waals surface area contributed by atoms with Gasteiger partial charge in [0.05, 0.1) is 15.7 Å². The van der Waals surface area contributed by atoms with E-state index >= 15 is 0 Å². The molecule has 1 amide bonds. The lowest BCUT2D eigenvalue weighted by atomic mass is 10.2. The monoisotopic (exact) mass is 283 g/mol. The third-order valence-electron chi connectivity index (χ3n) is 2.99. The Kier molecular flexibility index (Phi) is 3.69. The Morgan fingerprint density at radius 2 is 2.15 bits per heavy atom. The Bertz CT molecular complexity index is 724. The van der Waals surface area contributed by atoms with Gasteiger partial charge in [-0.15, -0.1) is 11.3 Å². The average Bonchev–Trinajstić information content (AvgIpc) is 2.95. The molecule has 0 unspecified atom stereocenters. The summed E-state index contributed by atoms with van der Waals surface area (Å²) in [5.74, 6) is -0.0590. The van der Waals surface area contributed by atoms with Gasteiger partial charge in [-0.25, -0.2) is 4.98 Å². The number of nitrogens with one attached hydrogen (secondary N) is 1. The zero-order valence-corrected chi connectivity index (χ0v) is 11.6. The molecule has 1 aromatic carbocycles. The lowest BCUT2D eigenvalue weighted by molar-refractivity contribution is 0.0954. The predicted octanol–water partition coefficient (Wildman–Crippen LogP) is 2.66. The van der Waals surface area contributed by atoms with Gasteiger partial charge in [0.1, 0.15) is 0 Å². The fourth-order valence-electron chi connectivity index (χ4n) is 1.95. The second-order valence-corrected chi connectivity index (χ2v) is 5.25. The second-order valence-electron chi connectivity index (χ2n) is 4.36. The van der Waals surface area contributed by atoms with Gasteiger partial charge in [-0.1, -0.05) is 6.07 Å². The third-order valence-corrected chi connectivity index (χ3v) is 3.78. The number of carbonyl (C=O) groups excluding carboxylic acids is 1. The van der Waals surface area contributed by atoms with Crippen LogP contribution in [0, 0.1) is 0 Å². The number of hydrogen-bond donors (Lipinski definition) is 1. The molecule has 0 aliphatic heterocycles. The molecule has 0 radical (unpaired) electrons. The Balaban J connectivity index is 1.61. The molecule has 0 spiro atoms. The summed E-state index contributed by atoms with van der Waals surface area (Å²) in [5.41, 5.74) is 4.36. The molecule has 0 aliphatic carbocycles. The fourth-order valence-corrected chi connectivity index (χ4v) is 2.66. The molecule has 0 bridgehead atoms. The number of aromatic nitrogens is 2. The first-order chi connectivity index (χ1) is 9.83. The molecule has 2 heterocycles. The van der Waals surface area contributed by atoms with Crippen LogP contribution in [-0.2, 0) is 6.42 Å². The van der Waals surface area contributed by atoms with E-state index in [9.17, 15) is 4.79 Å². The summed E-state index contributed by atoms with van der Waals surface area (Å²) >= 11 is 1.54. The lowest BCUT2D eigenvalue weighted by Crippen LogP contribution is -2.25. The number of pyridine rings is 1. The van der Waals surface area contributed by atoms with Gasteiger partial charge >= 0.3 is 0 Å². The van der Waals surface area contributed by atoms with Gasteiger partial charge in [0.2, 0.25) is 0 Å². The van der Waals surface area contributed by atoms with Crippen LogP contribution >= 0.6 is 11.3 Å². The highest BCUT2D eigenvalue weighted by molar-refractivity contribution is 7.16. The molecule has 3 aromatic rings. The number of benzene rings is 1. The van der Waals surface area contributed by atoms with E-state index in [-0.39, 0.29) is 5.91 Å². The summed E-state index contributed by atoms with van der Waals surface area (Å²) in [7, 11) is 0. The van der Waals surface area contributed by atoms with Crippen molar-refractivity contribution in [3.8, 4) is 0 Å². The molecule has 4 nitrogen and oxygen atoms in total. The number of carbonyl (C=O) groups is 1. The smallest absolute Gasteiger partial charge is 0.251 e. The van der Waals surface area contributed by atoms with Crippen molar-refractivity contribution >= 4 is 27.5 Å². The van der Waals surface area contributed by atoms with Crippen molar-refractivity contribution in [3.63, 3.8) is 0 Å². The molecule has 0 atom stereocenters. The highest BCUT2D eigenvalue weighted by Gasteiger charge is 2.07. The maximum Gasteiger partial charge on any atom is 0.251 e. The summed E-state index contributed by atoms with van der Waals surface area (Å²) in [4.78, 5) is 20.5. The maximum atomic E-state index is 12.1. The lowest BCUT2D eigenvalue weighted by Gasteiger charge is -2.05.